The quantitative estimate of drug-likeness (QED) is 0.401. The van der Waals surface area contributed by atoms with Crippen molar-refractivity contribution in [2.75, 3.05) is 6.61 Å². The Morgan fingerprint density at radius 2 is 1.50 bits per heavy atom. The number of hydrogen-bond acceptors (Lipinski definition) is 6. The van der Waals surface area contributed by atoms with Gasteiger partial charge in [-0.3, -0.25) is 0 Å². The molecule has 1 fully saturated rings. The van der Waals surface area contributed by atoms with Crippen LogP contribution in [-0.4, -0.2) is 63.8 Å². The van der Waals surface area contributed by atoms with Crippen molar-refractivity contribution in [2.24, 2.45) is 0 Å². The van der Waals surface area contributed by atoms with Gasteiger partial charge < -0.3 is 29.9 Å². The predicted molar refractivity (Wildman–Crippen MR) is 91.5 cm³/mol. The summed E-state index contributed by atoms with van der Waals surface area (Å²) in [5.74, 6) is 0. The maximum Gasteiger partial charge on any atom is 0.186 e. The van der Waals surface area contributed by atoms with Crippen molar-refractivity contribution in [3.8, 4) is 0 Å². The van der Waals surface area contributed by atoms with Gasteiger partial charge in [-0.05, 0) is 12.8 Å². The van der Waals surface area contributed by atoms with E-state index in [0.29, 0.717) is 0 Å². The highest BCUT2D eigenvalue weighted by Crippen LogP contribution is 2.24. The zero-order valence-corrected chi connectivity index (χ0v) is 15.1. The summed E-state index contributed by atoms with van der Waals surface area (Å²) in [5.41, 5.74) is 0. The minimum absolute atomic E-state index is 0.0675. The third kappa shape index (κ3) is 6.94. The molecule has 0 aromatic rings. The van der Waals surface area contributed by atoms with Crippen LogP contribution in [0.25, 0.3) is 0 Å². The van der Waals surface area contributed by atoms with Gasteiger partial charge in [0, 0.05) is 0 Å². The van der Waals surface area contributed by atoms with Gasteiger partial charge in [0.15, 0.2) is 6.29 Å². The van der Waals surface area contributed by atoms with E-state index in [0.717, 1.165) is 25.7 Å². The van der Waals surface area contributed by atoms with E-state index >= 15 is 0 Å². The molecular weight excluding hydrogens is 312 g/mol. The van der Waals surface area contributed by atoms with Crippen LogP contribution in [-0.2, 0) is 9.47 Å². The molecule has 0 radical (unpaired) electrons. The van der Waals surface area contributed by atoms with Crippen molar-refractivity contribution in [1.82, 2.24) is 0 Å². The van der Waals surface area contributed by atoms with E-state index < -0.39 is 37.3 Å². The van der Waals surface area contributed by atoms with Crippen LogP contribution < -0.4 is 0 Å². The van der Waals surface area contributed by atoms with Crippen molar-refractivity contribution in [1.29, 1.82) is 0 Å². The van der Waals surface area contributed by atoms with Crippen LogP contribution in [0.4, 0.5) is 0 Å². The number of aliphatic hydroxyl groups is 4. The average Bonchev–Trinajstić information content (AvgIpc) is 2.59. The zero-order valence-electron chi connectivity index (χ0n) is 15.1. The predicted octanol–water partition coefficient (Wildman–Crippen LogP) is 1.72. The van der Waals surface area contributed by atoms with Crippen LogP contribution in [0.2, 0.25) is 0 Å². The van der Waals surface area contributed by atoms with E-state index in [1.165, 1.54) is 32.1 Å². The summed E-state index contributed by atoms with van der Waals surface area (Å²) in [5, 5.41) is 38.8. The Kier molecular flexibility index (Phi) is 11.1. The minimum atomic E-state index is -1.38. The Balaban J connectivity index is 2.33. The van der Waals surface area contributed by atoms with E-state index in [4.69, 9.17) is 9.47 Å². The summed E-state index contributed by atoms with van der Waals surface area (Å²) in [7, 11) is 0. The van der Waals surface area contributed by atoms with Crippen molar-refractivity contribution >= 4 is 0 Å². The van der Waals surface area contributed by atoms with Gasteiger partial charge in [0.05, 0.1) is 12.7 Å². The second-order valence-electron chi connectivity index (χ2n) is 6.77. The lowest BCUT2D eigenvalue weighted by atomic mass is 9.99. The minimum Gasteiger partial charge on any atom is -0.394 e. The smallest absolute Gasteiger partial charge is 0.186 e. The number of rotatable bonds is 12. The van der Waals surface area contributed by atoms with Crippen LogP contribution in [0.15, 0.2) is 0 Å². The molecule has 1 rings (SSSR count). The fourth-order valence-electron chi connectivity index (χ4n) is 3.07. The second kappa shape index (κ2) is 12.2. The highest BCUT2D eigenvalue weighted by molar-refractivity contribution is 4.89. The summed E-state index contributed by atoms with van der Waals surface area (Å²) < 4.78 is 11.2. The van der Waals surface area contributed by atoms with Crippen molar-refractivity contribution in [3.63, 3.8) is 0 Å². The Hall–Kier alpha value is -0.240. The standard InChI is InChI=1S/C18H36O6/c1-3-5-6-7-8-9-10-11-13(4-2)23-18-17(22)16(21)15(20)14(12-19)24-18/h13-22H,3-12H2,1-2H3/t13-,14+,15+,16-,17+,18+/m0/s1. The summed E-state index contributed by atoms with van der Waals surface area (Å²) in [6, 6.07) is 0. The molecule has 0 aliphatic carbocycles. The van der Waals surface area contributed by atoms with Crippen molar-refractivity contribution < 1.29 is 29.9 Å². The molecule has 6 nitrogen and oxygen atoms in total. The van der Waals surface area contributed by atoms with Gasteiger partial charge in [0.1, 0.15) is 24.4 Å². The maximum atomic E-state index is 10.0. The van der Waals surface area contributed by atoms with Crippen molar-refractivity contribution in [2.45, 2.75) is 108 Å². The van der Waals surface area contributed by atoms with Gasteiger partial charge in [0.25, 0.3) is 0 Å². The molecule has 1 aliphatic rings. The first-order chi connectivity index (χ1) is 11.5. The fraction of sp³-hybridized carbons (Fsp3) is 1.00. The molecule has 4 N–H and O–H groups in total. The molecule has 6 heteroatoms. The molecule has 6 atom stereocenters. The van der Waals surface area contributed by atoms with Gasteiger partial charge >= 0.3 is 0 Å². The average molecular weight is 348 g/mol. The third-order valence-corrected chi connectivity index (χ3v) is 4.76. The summed E-state index contributed by atoms with van der Waals surface area (Å²) in [6.07, 6.45) is 4.22. The Morgan fingerprint density at radius 3 is 2.08 bits per heavy atom. The number of unbranched alkanes of at least 4 members (excludes halogenated alkanes) is 6. The molecule has 0 saturated carbocycles. The number of hydrogen-bond donors (Lipinski definition) is 4. The molecule has 0 amide bonds. The van der Waals surface area contributed by atoms with Crippen molar-refractivity contribution in [3.05, 3.63) is 0 Å². The van der Waals surface area contributed by atoms with E-state index in [9.17, 15) is 20.4 Å². The van der Waals surface area contributed by atoms with Gasteiger partial charge in [-0.15, -0.1) is 0 Å². The van der Waals surface area contributed by atoms with E-state index in [-0.39, 0.29) is 6.10 Å². The molecule has 144 valence electrons. The largest absolute Gasteiger partial charge is 0.394 e. The molecule has 0 unspecified atom stereocenters. The summed E-state index contributed by atoms with van der Waals surface area (Å²) in [6.45, 7) is 3.79. The van der Waals surface area contributed by atoms with Crippen LogP contribution in [0.1, 0.15) is 71.6 Å². The Bertz CT molecular complexity index is 312. The molecule has 0 aromatic heterocycles. The second-order valence-corrected chi connectivity index (χ2v) is 6.77. The molecule has 0 bridgehead atoms. The highest BCUT2D eigenvalue weighted by atomic mass is 16.7. The van der Waals surface area contributed by atoms with E-state index in [1.54, 1.807) is 0 Å². The lowest BCUT2D eigenvalue weighted by molar-refractivity contribution is -0.311. The summed E-state index contributed by atoms with van der Waals surface area (Å²) >= 11 is 0. The van der Waals surface area contributed by atoms with Gasteiger partial charge in [0.2, 0.25) is 0 Å². The first-order valence-corrected chi connectivity index (χ1v) is 9.51. The Morgan fingerprint density at radius 1 is 0.875 bits per heavy atom. The van der Waals surface area contributed by atoms with Crippen LogP contribution in [0.3, 0.4) is 0 Å². The molecule has 0 spiro atoms. The highest BCUT2D eigenvalue weighted by Gasteiger charge is 2.44. The molecule has 1 aliphatic heterocycles. The lowest BCUT2D eigenvalue weighted by Gasteiger charge is -2.40. The molecule has 1 saturated heterocycles. The first kappa shape index (κ1) is 21.8. The zero-order chi connectivity index (χ0) is 17.9. The van der Waals surface area contributed by atoms with E-state index in [1.807, 2.05) is 6.92 Å². The molecular formula is C18H36O6. The molecule has 24 heavy (non-hydrogen) atoms. The van der Waals surface area contributed by atoms with Gasteiger partial charge in [-0.2, -0.15) is 0 Å². The maximum absolute atomic E-state index is 10.0. The van der Waals surface area contributed by atoms with Crippen LogP contribution in [0.5, 0.6) is 0 Å². The normalized spacial score (nSPS) is 32.0. The topological polar surface area (TPSA) is 99.4 Å². The van der Waals surface area contributed by atoms with Crippen LogP contribution >= 0.6 is 0 Å². The first-order valence-electron chi connectivity index (χ1n) is 9.51. The van der Waals surface area contributed by atoms with Gasteiger partial charge in [-0.1, -0.05) is 58.8 Å². The Labute approximate surface area is 145 Å². The monoisotopic (exact) mass is 348 g/mol. The van der Waals surface area contributed by atoms with Crippen LogP contribution in [0, 0.1) is 0 Å². The fourth-order valence-corrected chi connectivity index (χ4v) is 3.07. The number of aliphatic hydroxyl groups excluding tert-OH is 4. The van der Waals surface area contributed by atoms with Gasteiger partial charge in [-0.25, -0.2) is 0 Å². The van der Waals surface area contributed by atoms with E-state index in [2.05, 4.69) is 6.92 Å². The number of ether oxygens (including phenoxy) is 2. The SMILES string of the molecule is CCCCCCCCC[C@H](CC)O[C@@H]1O[C@H](CO)[C@@H](O)[C@H](O)[C@H]1O. The molecule has 0 aromatic carbocycles. The summed E-state index contributed by atoms with van der Waals surface area (Å²) in [4.78, 5) is 0. The third-order valence-electron chi connectivity index (χ3n) is 4.76. The lowest BCUT2D eigenvalue weighted by Crippen LogP contribution is -2.59. The molecule has 1 heterocycles.